The van der Waals surface area contributed by atoms with Gasteiger partial charge in [0.05, 0.1) is 11.3 Å². The Morgan fingerprint density at radius 2 is 2.00 bits per heavy atom. The molecule has 2 N–H and O–H groups in total. The molecule has 4 heteroatoms. The van der Waals surface area contributed by atoms with Crippen LogP contribution in [0.15, 0.2) is 41.3 Å². The molecule has 0 aliphatic carbocycles. The zero-order valence-electron chi connectivity index (χ0n) is 9.32. The Labute approximate surface area is 97.3 Å². The number of aromatic nitrogens is 3. The van der Waals surface area contributed by atoms with Gasteiger partial charge in [-0.25, -0.2) is 5.10 Å². The van der Waals surface area contributed by atoms with Crippen LogP contribution in [0.5, 0.6) is 0 Å². The number of hydrogen-bond acceptors (Lipinski definition) is 2. The number of aromatic amines is 2. The zero-order chi connectivity index (χ0) is 11.8. The smallest absolute Gasteiger partial charge is 0.272 e. The minimum absolute atomic E-state index is 0.166. The van der Waals surface area contributed by atoms with E-state index in [-0.39, 0.29) is 5.56 Å². The van der Waals surface area contributed by atoms with Crippen molar-refractivity contribution in [1.82, 2.24) is 15.2 Å². The van der Waals surface area contributed by atoms with Crippen molar-refractivity contribution in [1.29, 1.82) is 0 Å². The zero-order valence-corrected chi connectivity index (χ0v) is 9.32. The summed E-state index contributed by atoms with van der Waals surface area (Å²) in [7, 11) is 0. The molecule has 0 radical (unpaired) electrons. The Balaban J connectivity index is 2.35. The van der Waals surface area contributed by atoms with Gasteiger partial charge < -0.3 is 4.98 Å². The van der Waals surface area contributed by atoms with E-state index in [0.29, 0.717) is 5.56 Å². The van der Waals surface area contributed by atoms with E-state index in [1.54, 1.807) is 6.07 Å². The first-order valence-corrected chi connectivity index (χ1v) is 5.38. The van der Waals surface area contributed by atoms with E-state index in [0.717, 1.165) is 22.2 Å². The maximum absolute atomic E-state index is 11.8. The summed E-state index contributed by atoms with van der Waals surface area (Å²) < 4.78 is 0. The molecule has 0 aliphatic heterocycles. The number of benzene rings is 1. The Morgan fingerprint density at radius 1 is 1.18 bits per heavy atom. The summed E-state index contributed by atoms with van der Waals surface area (Å²) >= 11 is 0. The molecule has 2 aromatic heterocycles. The maximum Gasteiger partial charge on any atom is 0.272 e. The third kappa shape index (κ3) is 1.54. The first-order valence-electron chi connectivity index (χ1n) is 5.38. The van der Waals surface area contributed by atoms with Crippen molar-refractivity contribution in [3.8, 4) is 11.1 Å². The van der Waals surface area contributed by atoms with Crippen molar-refractivity contribution < 1.29 is 0 Å². The molecule has 0 aliphatic rings. The molecule has 0 saturated carbocycles. The molecule has 1 aromatic carbocycles. The van der Waals surface area contributed by atoms with E-state index in [2.05, 4.69) is 15.2 Å². The van der Waals surface area contributed by atoms with Crippen molar-refractivity contribution in [3.63, 3.8) is 0 Å². The Bertz CT molecular complexity index is 740. The predicted molar refractivity (Wildman–Crippen MR) is 66.9 cm³/mol. The van der Waals surface area contributed by atoms with Crippen LogP contribution in [0.25, 0.3) is 22.0 Å². The van der Waals surface area contributed by atoms with E-state index in [1.165, 1.54) is 0 Å². The number of nitrogens with one attached hydrogen (secondary N) is 2. The molecule has 0 unspecified atom stereocenters. The van der Waals surface area contributed by atoms with Gasteiger partial charge in [0, 0.05) is 22.7 Å². The first-order chi connectivity index (χ1) is 8.25. The summed E-state index contributed by atoms with van der Waals surface area (Å²) in [6, 6.07) is 9.71. The molecule has 3 aromatic rings. The van der Waals surface area contributed by atoms with Crippen LogP contribution in [0, 0.1) is 6.92 Å². The van der Waals surface area contributed by atoms with E-state index < -0.39 is 0 Å². The third-order valence-electron chi connectivity index (χ3n) is 2.81. The highest BCUT2D eigenvalue weighted by atomic mass is 16.1. The predicted octanol–water partition coefficient (Wildman–Crippen LogP) is 2.23. The number of aryl methyl sites for hydroxylation is 1. The van der Waals surface area contributed by atoms with Crippen LogP contribution in [0.2, 0.25) is 0 Å². The van der Waals surface area contributed by atoms with Gasteiger partial charge in [-0.2, -0.15) is 5.10 Å². The Morgan fingerprint density at radius 3 is 2.88 bits per heavy atom. The van der Waals surface area contributed by atoms with Gasteiger partial charge in [0.15, 0.2) is 0 Å². The SMILES string of the molecule is Cc1cc(-c2c[nH]c3ccccc23)c(=O)[nH]n1. The van der Waals surface area contributed by atoms with E-state index >= 15 is 0 Å². The molecular formula is C13H11N3O. The van der Waals surface area contributed by atoms with Gasteiger partial charge >= 0.3 is 0 Å². The second-order valence-electron chi connectivity index (χ2n) is 4.00. The highest BCUT2D eigenvalue weighted by Crippen LogP contribution is 2.25. The number of nitrogens with zero attached hydrogens (tertiary/aromatic N) is 1. The molecular weight excluding hydrogens is 214 g/mol. The molecule has 2 heterocycles. The van der Waals surface area contributed by atoms with Gasteiger partial charge in [0.2, 0.25) is 0 Å². The third-order valence-corrected chi connectivity index (χ3v) is 2.81. The standard InChI is InChI=1S/C13H11N3O/c1-8-6-10(13(17)16-15-8)11-7-14-12-5-3-2-4-9(11)12/h2-7,14H,1H3,(H,16,17). The molecule has 4 nitrogen and oxygen atoms in total. The van der Waals surface area contributed by atoms with Crippen LogP contribution in [-0.2, 0) is 0 Å². The van der Waals surface area contributed by atoms with Gasteiger partial charge in [0.25, 0.3) is 5.56 Å². The van der Waals surface area contributed by atoms with E-state index in [9.17, 15) is 4.79 Å². The second kappa shape index (κ2) is 3.59. The van der Waals surface area contributed by atoms with Crippen molar-refractivity contribution in [3.05, 3.63) is 52.6 Å². The monoisotopic (exact) mass is 225 g/mol. The number of H-pyrrole nitrogens is 2. The van der Waals surface area contributed by atoms with Crippen LogP contribution < -0.4 is 5.56 Å². The second-order valence-corrected chi connectivity index (χ2v) is 4.00. The van der Waals surface area contributed by atoms with Gasteiger partial charge in [0.1, 0.15) is 0 Å². The number of para-hydroxylation sites is 1. The molecule has 84 valence electrons. The number of fused-ring (bicyclic) bond motifs is 1. The summed E-state index contributed by atoms with van der Waals surface area (Å²) in [5, 5.41) is 7.43. The summed E-state index contributed by atoms with van der Waals surface area (Å²) in [6.07, 6.45) is 1.86. The molecule has 0 saturated heterocycles. The van der Waals surface area contributed by atoms with Crippen LogP contribution in [0.1, 0.15) is 5.69 Å². The first kappa shape index (κ1) is 9.84. The van der Waals surface area contributed by atoms with Crippen LogP contribution in [0.4, 0.5) is 0 Å². The largest absolute Gasteiger partial charge is 0.361 e. The molecule has 0 atom stereocenters. The molecule has 3 rings (SSSR count). The molecule has 0 spiro atoms. The van der Waals surface area contributed by atoms with E-state index in [4.69, 9.17) is 0 Å². The summed E-state index contributed by atoms with van der Waals surface area (Å²) in [5.41, 5.74) is 3.21. The lowest BCUT2D eigenvalue weighted by molar-refractivity contribution is 0.949. The van der Waals surface area contributed by atoms with Crippen LogP contribution in [-0.4, -0.2) is 15.2 Å². The lowest BCUT2D eigenvalue weighted by Crippen LogP contribution is -2.11. The van der Waals surface area contributed by atoms with Crippen molar-refractivity contribution >= 4 is 10.9 Å². The molecule has 0 bridgehead atoms. The van der Waals surface area contributed by atoms with Crippen molar-refractivity contribution in [2.45, 2.75) is 6.92 Å². The highest BCUT2D eigenvalue weighted by molar-refractivity contribution is 5.95. The fourth-order valence-electron chi connectivity index (χ4n) is 2.00. The summed E-state index contributed by atoms with van der Waals surface area (Å²) in [4.78, 5) is 14.9. The summed E-state index contributed by atoms with van der Waals surface area (Å²) in [5.74, 6) is 0. The summed E-state index contributed by atoms with van der Waals surface area (Å²) in [6.45, 7) is 1.86. The van der Waals surface area contributed by atoms with Gasteiger partial charge in [-0.3, -0.25) is 4.79 Å². The normalized spacial score (nSPS) is 10.9. The van der Waals surface area contributed by atoms with Crippen LogP contribution >= 0.6 is 0 Å². The van der Waals surface area contributed by atoms with Crippen LogP contribution in [0.3, 0.4) is 0 Å². The minimum atomic E-state index is -0.166. The lowest BCUT2D eigenvalue weighted by atomic mass is 10.1. The van der Waals surface area contributed by atoms with E-state index in [1.807, 2.05) is 37.4 Å². The van der Waals surface area contributed by atoms with Gasteiger partial charge in [-0.15, -0.1) is 0 Å². The number of hydrogen-bond donors (Lipinski definition) is 2. The molecule has 0 fully saturated rings. The van der Waals surface area contributed by atoms with Crippen molar-refractivity contribution in [2.24, 2.45) is 0 Å². The average Bonchev–Trinajstić information content (AvgIpc) is 2.76. The molecule has 0 amide bonds. The average molecular weight is 225 g/mol. The molecule has 17 heavy (non-hydrogen) atoms. The lowest BCUT2D eigenvalue weighted by Gasteiger charge is -1.99. The van der Waals surface area contributed by atoms with Gasteiger partial charge in [-0.1, -0.05) is 18.2 Å². The van der Waals surface area contributed by atoms with Crippen molar-refractivity contribution in [2.75, 3.05) is 0 Å². The Kier molecular flexibility index (Phi) is 2.08. The number of rotatable bonds is 1. The van der Waals surface area contributed by atoms with Gasteiger partial charge in [-0.05, 0) is 19.1 Å². The Hall–Kier alpha value is -2.36. The minimum Gasteiger partial charge on any atom is -0.361 e. The maximum atomic E-state index is 11.8. The highest BCUT2D eigenvalue weighted by Gasteiger charge is 2.09. The topological polar surface area (TPSA) is 61.5 Å². The fraction of sp³-hybridized carbons (Fsp3) is 0.0769. The fourth-order valence-corrected chi connectivity index (χ4v) is 2.00. The quantitative estimate of drug-likeness (QED) is 0.667.